The summed E-state index contributed by atoms with van der Waals surface area (Å²) < 4.78 is 0. The minimum Gasteiger partial charge on any atom is -0.357 e. The molecule has 0 spiro atoms. The Morgan fingerprint density at radius 3 is 2.79 bits per heavy atom. The fourth-order valence-electron chi connectivity index (χ4n) is 3.08. The van der Waals surface area contributed by atoms with Gasteiger partial charge in [-0.3, -0.25) is 0 Å². The first-order valence-corrected chi connectivity index (χ1v) is 8.70. The molecule has 1 aliphatic rings. The van der Waals surface area contributed by atoms with Crippen LogP contribution < -0.4 is 5.32 Å². The van der Waals surface area contributed by atoms with E-state index in [2.05, 4.69) is 53.1 Å². The van der Waals surface area contributed by atoms with Crippen LogP contribution in [0.4, 0.5) is 0 Å². The molecular formula is C19H27N5. The number of aromatic nitrogens is 2. The van der Waals surface area contributed by atoms with Crippen molar-refractivity contribution in [3.05, 3.63) is 42.4 Å². The molecule has 0 amide bonds. The summed E-state index contributed by atoms with van der Waals surface area (Å²) in [4.78, 5) is 15.0. The van der Waals surface area contributed by atoms with Gasteiger partial charge in [0.05, 0.1) is 11.9 Å². The zero-order valence-corrected chi connectivity index (χ0v) is 14.8. The zero-order valence-electron chi connectivity index (χ0n) is 14.8. The standard InChI is InChI=1S/C19H27N5/c1-4-20-18(24-11-10-19(2,3)14-24)22-13-17-21-12-16(23-17)15-8-6-5-7-9-15/h5-9,12H,4,10-11,13-14H2,1-3H3,(H,20,22)(H,21,23). The van der Waals surface area contributed by atoms with Crippen molar-refractivity contribution in [2.75, 3.05) is 19.6 Å². The van der Waals surface area contributed by atoms with Crippen molar-refractivity contribution in [3.63, 3.8) is 0 Å². The average molecular weight is 325 g/mol. The molecule has 1 aliphatic heterocycles. The predicted molar refractivity (Wildman–Crippen MR) is 98.8 cm³/mol. The zero-order chi connectivity index (χ0) is 17.0. The third-order valence-electron chi connectivity index (χ3n) is 4.40. The summed E-state index contributed by atoms with van der Waals surface area (Å²) in [7, 11) is 0. The third kappa shape index (κ3) is 3.96. The molecule has 0 unspecified atom stereocenters. The van der Waals surface area contributed by atoms with Crippen LogP contribution in [0.5, 0.6) is 0 Å². The van der Waals surface area contributed by atoms with Crippen molar-refractivity contribution in [2.24, 2.45) is 10.4 Å². The number of likely N-dealkylation sites (tertiary alicyclic amines) is 1. The second-order valence-electron chi connectivity index (χ2n) is 7.12. The molecule has 1 fully saturated rings. The topological polar surface area (TPSA) is 56.3 Å². The van der Waals surface area contributed by atoms with E-state index in [1.165, 1.54) is 6.42 Å². The van der Waals surface area contributed by atoms with Crippen molar-refractivity contribution in [3.8, 4) is 11.3 Å². The monoisotopic (exact) mass is 325 g/mol. The van der Waals surface area contributed by atoms with Gasteiger partial charge in [0, 0.05) is 19.6 Å². The molecule has 1 aromatic carbocycles. The van der Waals surface area contributed by atoms with Gasteiger partial charge in [-0.15, -0.1) is 0 Å². The Morgan fingerprint density at radius 2 is 2.12 bits per heavy atom. The summed E-state index contributed by atoms with van der Waals surface area (Å²) in [6, 6.07) is 10.2. The number of H-pyrrole nitrogens is 1. The molecule has 0 bridgehead atoms. The largest absolute Gasteiger partial charge is 0.357 e. The molecule has 1 aromatic heterocycles. The normalized spacial score (nSPS) is 17.3. The van der Waals surface area contributed by atoms with Gasteiger partial charge >= 0.3 is 0 Å². The number of hydrogen-bond acceptors (Lipinski definition) is 2. The first-order valence-electron chi connectivity index (χ1n) is 8.70. The number of nitrogens with one attached hydrogen (secondary N) is 2. The first-order chi connectivity index (χ1) is 11.6. The predicted octanol–water partition coefficient (Wildman–Crippen LogP) is 3.27. The lowest BCUT2D eigenvalue weighted by Crippen LogP contribution is -2.40. The lowest BCUT2D eigenvalue weighted by Gasteiger charge is -2.23. The fourth-order valence-corrected chi connectivity index (χ4v) is 3.08. The summed E-state index contributed by atoms with van der Waals surface area (Å²) in [5, 5.41) is 3.41. The molecule has 128 valence electrons. The maximum absolute atomic E-state index is 4.78. The lowest BCUT2D eigenvalue weighted by atomic mass is 9.93. The van der Waals surface area contributed by atoms with Crippen LogP contribution in [0.2, 0.25) is 0 Å². The molecule has 3 rings (SSSR count). The summed E-state index contributed by atoms with van der Waals surface area (Å²) in [6.07, 6.45) is 3.09. The van der Waals surface area contributed by atoms with Gasteiger partial charge in [-0.2, -0.15) is 0 Å². The highest BCUT2D eigenvalue weighted by atomic mass is 15.3. The van der Waals surface area contributed by atoms with Gasteiger partial charge in [-0.1, -0.05) is 44.2 Å². The summed E-state index contributed by atoms with van der Waals surface area (Å²) in [6.45, 7) is 10.3. The van der Waals surface area contributed by atoms with E-state index in [4.69, 9.17) is 4.99 Å². The van der Waals surface area contributed by atoms with Crippen LogP contribution in [-0.4, -0.2) is 40.5 Å². The Hall–Kier alpha value is -2.30. The quantitative estimate of drug-likeness (QED) is 0.670. The van der Waals surface area contributed by atoms with Gasteiger partial charge in [-0.25, -0.2) is 9.98 Å². The molecular weight excluding hydrogens is 298 g/mol. The van der Waals surface area contributed by atoms with Crippen molar-refractivity contribution in [2.45, 2.75) is 33.7 Å². The average Bonchev–Trinajstić information content (AvgIpc) is 3.19. The molecule has 5 nitrogen and oxygen atoms in total. The van der Waals surface area contributed by atoms with Gasteiger partial charge in [0.2, 0.25) is 0 Å². The van der Waals surface area contributed by atoms with Gasteiger partial charge in [-0.05, 0) is 24.3 Å². The molecule has 0 aliphatic carbocycles. The van der Waals surface area contributed by atoms with Crippen LogP contribution in [0.15, 0.2) is 41.5 Å². The van der Waals surface area contributed by atoms with Crippen LogP contribution in [0, 0.1) is 5.41 Å². The van der Waals surface area contributed by atoms with Gasteiger partial charge in [0.15, 0.2) is 5.96 Å². The molecule has 0 radical (unpaired) electrons. The Balaban J connectivity index is 1.70. The second-order valence-corrected chi connectivity index (χ2v) is 7.12. The highest BCUT2D eigenvalue weighted by Gasteiger charge is 2.30. The highest BCUT2D eigenvalue weighted by molar-refractivity contribution is 5.80. The number of nitrogens with zero attached hydrogens (tertiary/aromatic N) is 3. The van der Waals surface area contributed by atoms with Crippen molar-refractivity contribution < 1.29 is 0 Å². The van der Waals surface area contributed by atoms with Crippen LogP contribution >= 0.6 is 0 Å². The third-order valence-corrected chi connectivity index (χ3v) is 4.40. The van der Waals surface area contributed by atoms with E-state index in [1.54, 1.807) is 0 Å². The molecule has 24 heavy (non-hydrogen) atoms. The number of aliphatic imine (C=N–C) groups is 1. The number of aromatic amines is 1. The van der Waals surface area contributed by atoms with Crippen LogP contribution in [0.1, 0.15) is 33.0 Å². The van der Waals surface area contributed by atoms with E-state index in [1.807, 2.05) is 24.4 Å². The molecule has 1 saturated heterocycles. The Kier molecular flexibility index (Phi) is 4.88. The molecule has 2 N–H and O–H groups in total. The fraction of sp³-hybridized carbons (Fsp3) is 0.474. The van der Waals surface area contributed by atoms with Crippen molar-refractivity contribution in [1.82, 2.24) is 20.2 Å². The van der Waals surface area contributed by atoms with Crippen molar-refractivity contribution in [1.29, 1.82) is 0 Å². The highest BCUT2D eigenvalue weighted by Crippen LogP contribution is 2.28. The Bertz CT molecular complexity index is 687. The minimum absolute atomic E-state index is 0.362. The molecule has 0 saturated carbocycles. The smallest absolute Gasteiger partial charge is 0.194 e. The first kappa shape index (κ1) is 16.6. The maximum atomic E-state index is 4.78. The van der Waals surface area contributed by atoms with Gasteiger partial charge in [0.1, 0.15) is 12.4 Å². The van der Waals surface area contributed by atoms with Gasteiger partial charge in [0.25, 0.3) is 0 Å². The lowest BCUT2D eigenvalue weighted by molar-refractivity contribution is 0.370. The number of hydrogen-bond donors (Lipinski definition) is 2. The number of guanidine groups is 1. The maximum Gasteiger partial charge on any atom is 0.194 e. The van der Waals surface area contributed by atoms with Crippen LogP contribution in [0.3, 0.4) is 0 Å². The molecule has 2 heterocycles. The van der Waals surface area contributed by atoms with E-state index in [0.717, 1.165) is 42.7 Å². The van der Waals surface area contributed by atoms with Crippen LogP contribution in [-0.2, 0) is 6.54 Å². The van der Waals surface area contributed by atoms with E-state index < -0.39 is 0 Å². The van der Waals surface area contributed by atoms with E-state index in [0.29, 0.717) is 12.0 Å². The van der Waals surface area contributed by atoms with Crippen molar-refractivity contribution >= 4 is 5.96 Å². The van der Waals surface area contributed by atoms with E-state index in [-0.39, 0.29) is 0 Å². The molecule has 5 heteroatoms. The number of benzene rings is 1. The summed E-state index contributed by atoms with van der Waals surface area (Å²) in [5.41, 5.74) is 2.54. The van der Waals surface area contributed by atoms with E-state index >= 15 is 0 Å². The Morgan fingerprint density at radius 1 is 1.33 bits per heavy atom. The molecule has 2 aromatic rings. The second kappa shape index (κ2) is 7.07. The number of imidazole rings is 1. The minimum atomic E-state index is 0.362. The molecule has 0 atom stereocenters. The summed E-state index contributed by atoms with van der Waals surface area (Å²) >= 11 is 0. The van der Waals surface area contributed by atoms with Gasteiger partial charge < -0.3 is 15.2 Å². The number of rotatable bonds is 4. The SMILES string of the molecule is CCNC(=NCc1ncc(-c2ccccc2)[nH]1)N1CCC(C)(C)C1. The van der Waals surface area contributed by atoms with Crippen LogP contribution in [0.25, 0.3) is 11.3 Å². The van der Waals surface area contributed by atoms with E-state index in [9.17, 15) is 0 Å². The summed E-state index contributed by atoms with van der Waals surface area (Å²) in [5.74, 6) is 1.88. The Labute approximate surface area is 144 Å².